The molecule has 0 radical (unpaired) electrons. The van der Waals surface area contributed by atoms with Crippen LogP contribution >= 0.6 is 0 Å². The van der Waals surface area contributed by atoms with Crippen LogP contribution in [0.1, 0.15) is 56.0 Å². The molecule has 11 nitrogen and oxygen atoms in total. The molecule has 1 atom stereocenters. The van der Waals surface area contributed by atoms with Crippen molar-refractivity contribution in [2.45, 2.75) is 55.9 Å². The van der Waals surface area contributed by atoms with E-state index in [0.717, 1.165) is 25.7 Å². The van der Waals surface area contributed by atoms with Gasteiger partial charge in [-0.3, -0.25) is 15.5 Å². The van der Waals surface area contributed by atoms with Crippen molar-refractivity contribution in [2.75, 3.05) is 21.3 Å². The molecule has 1 aromatic heterocycles. The van der Waals surface area contributed by atoms with E-state index in [1.807, 2.05) is 0 Å². The smallest absolute Gasteiger partial charge is 0.240 e. The number of methoxy groups -OCH3 is 2. The molecule has 1 fully saturated rings. The van der Waals surface area contributed by atoms with Gasteiger partial charge < -0.3 is 14.8 Å². The molecule has 1 heterocycles. The molecule has 0 unspecified atom stereocenters. The van der Waals surface area contributed by atoms with Crippen LogP contribution in [0.25, 0.3) is 10.9 Å². The summed E-state index contributed by atoms with van der Waals surface area (Å²) in [7, 11) is 0.802. The molecule has 0 spiro atoms. The average molecular weight is 569 g/mol. The molecular weight excluding hydrogens is 532 g/mol. The normalized spacial score (nSPS) is 14.9. The maximum absolute atomic E-state index is 12.8. The summed E-state index contributed by atoms with van der Waals surface area (Å²) in [6.07, 6.45) is 8.07. The second kappa shape index (κ2) is 13.1. The Labute approximate surface area is 234 Å². The highest BCUT2D eigenvalue weighted by atomic mass is 32.2. The Balaban J connectivity index is 1.52. The number of benzene rings is 2. The van der Waals surface area contributed by atoms with E-state index in [-0.39, 0.29) is 23.2 Å². The van der Waals surface area contributed by atoms with E-state index in [1.165, 1.54) is 32.7 Å². The topological polar surface area (TPSA) is 155 Å². The number of ether oxygens (including phenoxy) is 2. The van der Waals surface area contributed by atoms with Gasteiger partial charge in [0.25, 0.3) is 0 Å². The SMILES string of the molecule is CNS(=O)(=O)c1ccc2cnc([C@@H](CC3CCCCC3)NC(=N)NC(=O)Cc3ccc(OC)c(OC)c3)nc2c1. The van der Waals surface area contributed by atoms with Gasteiger partial charge in [0.2, 0.25) is 15.9 Å². The summed E-state index contributed by atoms with van der Waals surface area (Å²) in [5.41, 5.74) is 1.20. The number of amides is 1. The monoisotopic (exact) mass is 568 g/mol. The van der Waals surface area contributed by atoms with Gasteiger partial charge in [0.05, 0.1) is 37.1 Å². The van der Waals surface area contributed by atoms with Gasteiger partial charge in [-0.15, -0.1) is 0 Å². The maximum atomic E-state index is 12.8. The molecule has 1 aliphatic rings. The van der Waals surface area contributed by atoms with Gasteiger partial charge in [-0.2, -0.15) is 0 Å². The molecule has 2 aromatic carbocycles. The Kier molecular flexibility index (Phi) is 9.54. The number of fused-ring (bicyclic) bond motifs is 1. The number of sulfonamides is 1. The zero-order valence-electron chi connectivity index (χ0n) is 23.0. The lowest BCUT2D eigenvalue weighted by Crippen LogP contribution is -2.43. The molecule has 1 amide bonds. The molecule has 3 aromatic rings. The predicted octanol–water partition coefficient (Wildman–Crippen LogP) is 3.45. The van der Waals surface area contributed by atoms with E-state index in [4.69, 9.17) is 14.9 Å². The Bertz CT molecular complexity index is 1470. The highest BCUT2D eigenvalue weighted by Crippen LogP contribution is 2.32. The number of nitrogens with one attached hydrogen (secondary N) is 4. The molecule has 1 aliphatic carbocycles. The van der Waals surface area contributed by atoms with Crippen LogP contribution in [0.5, 0.6) is 11.5 Å². The highest BCUT2D eigenvalue weighted by molar-refractivity contribution is 7.89. The first kappa shape index (κ1) is 29.2. The van der Waals surface area contributed by atoms with Crippen LogP contribution in [0.3, 0.4) is 0 Å². The molecule has 0 aliphatic heterocycles. The highest BCUT2D eigenvalue weighted by Gasteiger charge is 2.24. The Hall–Kier alpha value is -3.77. The molecule has 0 bridgehead atoms. The standard InChI is InChI=1S/C28H36N6O5S/c1-30-40(36,37)21-11-10-20-17-31-27(32-22(20)16-21)23(13-18-7-5-4-6-8-18)33-28(29)34-26(35)15-19-9-12-24(38-2)25(14-19)39-3/h9-12,14,16-18,23,30H,4-8,13,15H2,1-3H3,(H3,29,33,34,35)/t23-/m1/s1. The third kappa shape index (κ3) is 7.24. The molecule has 1 saturated carbocycles. The van der Waals surface area contributed by atoms with Crippen molar-refractivity contribution in [2.24, 2.45) is 5.92 Å². The summed E-state index contributed by atoms with van der Waals surface area (Å²) in [5.74, 6) is 1.45. The zero-order chi connectivity index (χ0) is 28.7. The van der Waals surface area contributed by atoms with Crippen molar-refractivity contribution in [1.82, 2.24) is 25.3 Å². The number of carbonyl (C=O) groups excluding carboxylic acids is 1. The van der Waals surface area contributed by atoms with E-state index in [9.17, 15) is 13.2 Å². The number of nitrogens with zero attached hydrogens (tertiary/aromatic N) is 2. The lowest BCUT2D eigenvalue weighted by molar-refractivity contribution is -0.119. The van der Waals surface area contributed by atoms with Crippen LogP contribution in [-0.2, 0) is 21.2 Å². The predicted molar refractivity (Wildman–Crippen MR) is 152 cm³/mol. The van der Waals surface area contributed by atoms with Crippen LogP contribution in [0, 0.1) is 11.3 Å². The van der Waals surface area contributed by atoms with Gasteiger partial charge in [-0.05, 0) is 55.3 Å². The van der Waals surface area contributed by atoms with E-state index >= 15 is 0 Å². The molecule has 12 heteroatoms. The zero-order valence-corrected chi connectivity index (χ0v) is 23.8. The van der Waals surface area contributed by atoms with E-state index < -0.39 is 16.1 Å². The van der Waals surface area contributed by atoms with E-state index in [2.05, 4.69) is 25.3 Å². The van der Waals surface area contributed by atoms with Crippen molar-refractivity contribution >= 4 is 32.8 Å². The van der Waals surface area contributed by atoms with Crippen LogP contribution < -0.4 is 24.8 Å². The minimum Gasteiger partial charge on any atom is -0.493 e. The summed E-state index contributed by atoms with van der Waals surface area (Å²) >= 11 is 0. The second-order valence-corrected chi connectivity index (χ2v) is 11.8. The molecule has 214 valence electrons. The van der Waals surface area contributed by atoms with Crippen molar-refractivity contribution in [3.8, 4) is 11.5 Å². The lowest BCUT2D eigenvalue weighted by Gasteiger charge is -2.27. The van der Waals surface area contributed by atoms with Gasteiger partial charge >= 0.3 is 0 Å². The number of carbonyl (C=O) groups is 1. The number of aromatic nitrogens is 2. The first-order chi connectivity index (χ1) is 19.2. The van der Waals surface area contributed by atoms with Crippen molar-refractivity contribution < 1.29 is 22.7 Å². The molecule has 4 N–H and O–H groups in total. The number of guanidine groups is 1. The van der Waals surface area contributed by atoms with Gasteiger partial charge in [-0.1, -0.05) is 38.2 Å². The minimum atomic E-state index is -3.63. The fourth-order valence-corrected chi connectivity index (χ4v) is 5.77. The third-order valence-corrected chi connectivity index (χ3v) is 8.56. The van der Waals surface area contributed by atoms with Gasteiger partial charge in [0.15, 0.2) is 23.3 Å². The largest absolute Gasteiger partial charge is 0.493 e. The van der Waals surface area contributed by atoms with Crippen LogP contribution in [0.15, 0.2) is 47.5 Å². The van der Waals surface area contributed by atoms with Gasteiger partial charge in [0, 0.05) is 11.6 Å². The first-order valence-corrected chi connectivity index (χ1v) is 14.8. The summed E-state index contributed by atoms with van der Waals surface area (Å²) in [4.78, 5) is 22.1. The number of rotatable bonds is 10. The number of hydrogen-bond donors (Lipinski definition) is 4. The summed E-state index contributed by atoms with van der Waals surface area (Å²) < 4.78 is 37.5. The summed E-state index contributed by atoms with van der Waals surface area (Å²) in [6.45, 7) is 0. The first-order valence-electron chi connectivity index (χ1n) is 13.3. The average Bonchev–Trinajstić information content (AvgIpc) is 2.96. The van der Waals surface area contributed by atoms with Crippen LogP contribution in [0.2, 0.25) is 0 Å². The maximum Gasteiger partial charge on any atom is 0.240 e. The third-order valence-electron chi connectivity index (χ3n) is 7.15. The molecular formula is C28H36N6O5S. The summed E-state index contributed by atoms with van der Waals surface area (Å²) in [5, 5.41) is 14.9. The Morgan fingerprint density at radius 3 is 2.52 bits per heavy atom. The van der Waals surface area contributed by atoms with Gasteiger partial charge in [0.1, 0.15) is 0 Å². The lowest BCUT2D eigenvalue weighted by atomic mass is 9.84. The molecule has 4 rings (SSSR count). The van der Waals surface area contributed by atoms with E-state index in [0.29, 0.717) is 46.1 Å². The second-order valence-electron chi connectivity index (χ2n) is 9.88. The Morgan fingerprint density at radius 1 is 1.07 bits per heavy atom. The molecule has 0 saturated heterocycles. The Morgan fingerprint density at radius 2 is 1.82 bits per heavy atom. The van der Waals surface area contributed by atoms with Crippen molar-refractivity contribution in [3.63, 3.8) is 0 Å². The summed E-state index contributed by atoms with van der Waals surface area (Å²) in [6, 6.07) is 9.49. The number of hydrogen-bond acceptors (Lipinski definition) is 8. The molecule has 40 heavy (non-hydrogen) atoms. The fraction of sp³-hybridized carbons (Fsp3) is 0.429. The van der Waals surface area contributed by atoms with Crippen LogP contribution in [0.4, 0.5) is 0 Å². The van der Waals surface area contributed by atoms with Crippen molar-refractivity contribution in [1.29, 1.82) is 5.41 Å². The van der Waals surface area contributed by atoms with Gasteiger partial charge in [-0.25, -0.2) is 23.1 Å². The minimum absolute atomic E-state index is 0.0485. The van der Waals surface area contributed by atoms with Crippen LogP contribution in [-0.4, -0.2) is 51.5 Å². The van der Waals surface area contributed by atoms with Crippen molar-refractivity contribution in [3.05, 3.63) is 54.0 Å². The quantitative estimate of drug-likeness (QED) is 0.214. The van der Waals surface area contributed by atoms with E-state index in [1.54, 1.807) is 37.6 Å². The fourth-order valence-electron chi connectivity index (χ4n) is 5.03.